The molecule has 0 heterocycles. The smallest absolute Gasteiger partial charge is 0.243 e. The predicted molar refractivity (Wildman–Crippen MR) is 46.4 cm³/mol. The van der Waals surface area contributed by atoms with E-state index in [4.69, 9.17) is 10.3 Å². The number of carbonyl (C=O) groups is 1. The summed E-state index contributed by atoms with van der Waals surface area (Å²) < 4.78 is 0. The van der Waals surface area contributed by atoms with Crippen LogP contribution in [0.3, 0.4) is 0 Å². The van der Waals surface area contributed by atoms with Gasteiger partial charge in [-0.15, -0.1) is 0 Å². The number of nitrogens with one attached hydrogen (secondary N) is 1. The van der Waals surface area contributed by atoms with Gasteiger partial charge in [-0.3, -0.25) is 10.0 Å². The lowest BCUT2D eigenvalue weighted by molar-refractivity contribution is -0.129. The van der Waals surface area contributed by atoms with Crippen LogP contribution in [0.25, 0.3) is 0 Å². The first-order valence-electron chi connectivity index (χ1n) is 3.93. The molecule has 0 saturated carbocycles. The van der Waals surface area contributed by atoms with Gasteiger partial charge in [-0.2, -0.15) is 0 Å². The van der Waals surface area contributed by atoms with E-state index in [1.54, 1.807) is 23.7 Å². The third-order valence-electron chi connectivity index (χ3n) is 1.68. The molecule has 70 valence electrons. The maximum Gasteiger partial charge on any atom is 0.243 e. The monoisotopic (exact) mass is 181 g/mol. The van der Waals surface area contributed by atoms with Gasteiger partial charge in [0.1, 0.15) is 5.75 Å². The Balaban J connectivity index is 2.50. The van der Waals surface area contributed by atoms with E-state index in [9.17, 15) is 4.79 Å². The highest BCUT2D eigenvalue weighted by Gasteiger charge is 2.00. The summed E-state index contributed by atoms with van der Waals surface area (Å²) in [4.78, 5) is 10.6. The Bertz CT molecular complexity index is 299. The van der Waals surface area contributed by atoms with Crippen LogP contribution in [-0.4, -0.2) is 16.2 Å². The van der Waals surface area contributed by atoms with E-state index >= 15 is 0 Å². The average Bonchev–Trinajstić information content (AvgIpc) is 2.14. The molecule has 0 saturated heterocycles. The van der Waals surface area contributed by atoms with Crippen molar-refractivity contribution in [1.82, 2.24) is 5.48 Å². The van der Waals surface area contributed by atoms with Gasteiger partial charge in [0.15, 0.2) is 0 Å². The van der Waals surface area contributed by atoms with Crippen LogP contribution in [0.15, 0.2) is 24.3 Å². The zero-order valence-corrected chi connectivity index (χ0v) is 7.03. The molecule has 4 nitrogen and oxygen atoms in total. The molecular weight excluding hydrogens is 170 g/mol. The molecule has 0 atom stereocenters. The Morgan fingerprint density at radius 2 is 2.23 bits per heavy atom. The highest BCUT2D eigenvalue weighted by Crippen LogP contribution is 2.12. The third-order valence-corrected chi connectivity index (χ3v) is 1.68. The van der Waals surface area contributed by atoms with Crippen LogP contribution >= 0.6 is 0 Å². The fraction of sp³-hybridized carbons (Fsp3) is 0.222. The number of benzene rings is 1. The number of aryl methyl sites for hydroxylation is 1. The van der Waals surface area contributed by atoms with Crippen LogP contribution in [0.4, 0.5) is 0 Å². The number of phenolic OH excluding ortho intramolecular Hbond substituents is 1. The molecule has 0 bridgehead atoms. The van der Waals surface area contributed by atoms with Gasteiger partial charge in [0.2, 0.25) is 5.91 Å². The Morgan fingerprint density at radius 1 is 1.46 bits per heavy atom. The Kier molecular flexibility index (Phi) is 3.28. The minimum Gasteiger partial charge on any atom is -0.508 e. The molecule has 0 aliphatic heterocycles. The number of rotatable bonds is 3. The van der Waals surface area contributed by atoms with Gasteiger partial charge in [0.25, 0.3) is 0 Å². The minimum atomic E-state index is -0.427. The first-order chi connectivity index (χ1) is 6.22. The minimum absolute atomic E-state index is 0.182. The fourth-order valence-electron chi connectivity index (χ4n) is 1.03. The molecule has 0 aromatic heterocycles. The molecule has 13 heavy (non-hydrogen) atoms. The molecular formula is C9H11NO3. The summed E-state index contributed by atoms with van der Waals surface area (Å²) in [6, 6.07) is 6.67. The van der Waals surface area contributed by atoms with Gasteiger partial charge < -0.3 is 5.11 Å². The van der Waals surface area contributed by atoms with Crippen molar-refractivity contribution < 1.29 is 15.1 Å². The van der Waals surface area contributed by atoms with Crippen molar-refractivity contribution in [2.24, 2.45) is 0 Å². The number of hydrogen-bond donors (Lipinski definition) is 3. The normalized spacial score (nSPS) is 9.62. The Morgan fingerprint density at radius 3 is 2.85 bits per heavy atom. The first-order valence-corrected chi connectivity index (χ1v) is 3.93. The summed E-state index contributed by atoms with van der Waals surface area (Å²) in [7, 11) is 0. The van der Waals surface area contributed by atoms with Crippen LogP contribution in [-0.2, 0) is 11.2 Å². The van der Waals surface area contributed by atoms with Gasteiger partial charge in [-0.25, -0.2) is 5.48 Å². The van der Waals surface area contributed by atoms with Crippen molar-refractivity contribution in [3.05, 3.63) is 29.8 Å². The molecule has 1 aromatic carbocycles. The lowest BCUT2D eigenvalue weighted by atomic mass is 10.1. The number of carbonyl (C=O) groups excluding carboxylic acids is 1. The standard InChI is InChI=1S/C9H11NO3/c11-8-3-1-2-7(6-8)4-5-9(12)10-13/h1-3,6,11,13H,4-5H2,(H,10,12). The second-order valence-corrected chi connectivity index (χ2v) is 2.70. The largest absolute Gasteiger partial charge is 0.508 e. The van der Waals surface area contributed by atoms with Crippen molar-refractivity contribution in [2.75, 3.05) is 0 Å². The highest BCUT2D eigenvalue weighted by molar-refractivity contribution is 5.74. The molecule has 1 aromatic rings. The van der Waals surface area contributed by atoms with Gasteiger partial charge in [-0.1, -0.05) is 12.1 Å². The van der Waals surface area contributed by atoms with Gasteiger partial charge in [0.05, 0.1) is 0 Å². The van der Waals surface area contributed by atoms with E-state index in [2.05, 4.69) is 0 Å². The third kappa shape index (κ3) is 3.13. The number of phenols is 1. The molecule has 1 rings (SSSR count). The van der Waals surface area contributed by atoms with Gasteiger partial charge in [0, 0.05) is 6.42 Å². The lowest BCUT2D eigenvalue weighted by Gasteiger charge is -2.00. The van der Waals surface area contributed by atoms with Crippen molar-refractivity contribution in [1.29, 1.82) is 0 Å². The molecule has 0 spiro atoms. The van der Waals surface area contributed by atoms with E-state index in [0.29, 0.717) is 6.42 Å². The highest BCUT2D eigenvalue weighted by atomic mass is 16.5. The molecule has 3 N–H and O–H groups in total. The van der Waals surface area contributed by atoms with Crippen molar-refractivity contribution >= 4 is 5.91 Å². The van der Waals surface area contributed by atoms with Gasteiger partial charge in [-0.05, 0) is 24.1 Å². The quantitative estimate of drug-likeness (QED) is 0.478. The molecule has 0 fully saturated rings. The zero-order valence-electron chi connectivity index (χ0n) is 7.03. The summed E-state index contributed by atoms with van der Waals surface area (Å²) in [5.41, 5.74) is 2.41. The summed E-state index contributed by atoms with van der Waals surface area (Å²) in [6.45, 7) is 0. The number of hydroxylamine groups is 1. The van der Waals surface area contributed by atoms with Crippen LogP contribution < -0.4 is 5.48 Å². The SMILES string of the molecule is O=C(CCc1cccc(O)c1)NO. The molecule has 0 aliphatic carbocycles. The van der Waals surface area contributed by atoms with Crippen LogP contribution in [0.5, 0.6) is 5.75 Å². The Labute approximate surface area is 75.8 Å². The van der Waals surface area contributed by atoms with Crippen molar-refractivity contribution in [3.63, 3.8) is 0 Å². The number of hydrogen-bond acceptors (Lipinski definition) is 3. The first kappa shape index (κ1) is 9.54. The van der Waals surface area contributed by atoms with E-state index in [0.717, 1.165) is 5.56 Å². The van der Waals surface area contributed by atoms with Crippen molar-refractivity contribution in [2.45, 2.75) is 12.8 Å². The molecule has 4 heteroatoms. The topological polar surface area (TPSA) is 69.6 Å². The van der Waals surface area contributed by atoms with E-state index in [-0.39, 0.29) is 12.2 Å². The van der Waals surface area contributed by atoms with Crippen LogP contribution in [0.1, 0.15) is 12.0 Å². The zero-order chi connectivity index (χ0) is 9.68. The van der Waals surface area contributed by atoms with Crippen LogP contribution in [0, 0.1) is 0 Å². The number of amides is 1. The van der Waals surface area contributed by atoms with E-state index in [1.165, 1.54) is 0 Å². The molecule has 0 radical (unpaired) electrons. The molecule has 0 unspecified atom stereocenters. The molecule has 0 aliphatic rings. The summed E-state index contributed by atoms with van der Waals surface area (Å²) in [6.07, 6.45) is 0.709. The summed E-state index contributed by atoms with van der Waals surface area (Å²) in [5.74, 6) is -0.245. The molecule has 1 amide bonds. The van der Waals surface area contributed by atoms with E-state index in [1.807, 2.05) is 6.07 Å². The second kappa shape index (κ2) is 4.47. The summed E-state index contributed by atoms with van der Waals surface area (Å²) in [5, 5.41) is 17.3. The van der Waals surface area contributed by atoms with Crippen LogP contribution in [0.2, 0.25) is 0 Å². The lowest BCUT2D eigenvalue weighted by Crippen LogP contribution is -2.18. The maximum atomic E-state index is 10.6. The summed E-state index contributed by atoms with van der Waals surface area (Å²) >= 11 is 0. The Hall–Kier alpha value is -1.55. The number of aromatic hydroxyl groups is 1. The van der Waals surface area contributed by atoms with Gasteiger partial charge >= 0.3 is 0 Å². The fourth-order valence-corrected chi connectivity index (χ4v) is 1.03. The average molecular weight is 181 g/mol. The van der Waals surface area contributed by atoms with Crippen molar-refractivity contribution in [3.8, 4) is 5.75 Å². The second-order valence-electron chi connectivity index (χ2n) is 2.70. The maximum absolute atomic E-state index is 10.6. The predicted octanol–water partition coefficient (Wildman–Crippen LogP) is 0.830. The van der Waals surface area contributed by atoms with E-state index < -0.39 is 5.91 Å².